The summed E-state index contributed by atoms with van der Waals surface area (Å²) in [4.78, 5) is 0. The van der Waals surface area contributed by atoms with Crippen molar-refractivity contribution in [2.45, 2.75) is 26.6 Å². The van der Waals surface area contributed by atoms with Crippen molar-refractivity contribution in [3.63, 3.8) is 0 Å². The van der Waals surface area contributed by atoms with E-state index in [1.165, 1.54) is 0 Å². The largest absolute Gasteiger partial charge is 0.493 e. The van der Waals surface area contributed by atoms with Crippen molar-refractivity contribution in [2.24, 2.45) is 0 Å². The van der Waals surface area contributed by atoms with Crippen molar-refractivity contribution in [3.05, 3.63) is 29.8 Å². The molecule has 0 fully saturated rings. The van der Waals surface area contributed by atoms with Crippen LogP contribution in [0.2, 0.25) is 0 Å². The fourth-order valence-corrected chi connectivity index (χ4v) is 1.47. The molecular formula is C13H18F2O3. The standard InChI is InChI=1S/C13H18F2O3/c1-3-16-13(17-4-2)5-6-18-12-8-10(14)7-11(15)9-12/h7-9,13H,3-6H2,1-2H3. The molecule has 0 N–H and O–H groups in total. The summed E-state index contributed by atoms with van der Waals surface area (Å²) in [6.07, 6.45) is 0.151. The lowest BCUT2D eigenvalue weighted by Crippen LogP contribution is -2.20. The molecule has 18 heavy (non-hydrogen) atoms. The Kier molecular flexibility index (Phi) is 6.60. The van der Waals surface area contributed by atoms with Gasteiger partial charge in [-0.15, -0.1) is 0 Å². The smallest absolute Gasteiger partial charge is 0.160 e. The highest BCUT2D eigenvalue weighted by Crippen LogP contribution is 2.16. The van der Waals surface area contributed by atoms with E-state index in [4.69, 9.17) is 14.2 Å². The van der Waals surface area contributed by atoms with Crippen LogP contribution in [-0.2, 0) is 9.47 Å². The van der Waals surface area contributed by atoms with E-state index >= 15 is 0 Å². The molecular weight excluding hydrogens is 242 g/mol. The van der Waals surface area contributed by atoms with Crippen LogP contribution in [0.5, 0.6) is 5.75 Å². The van der Waals surface area contributed by atoms with Crippen LogP contribution in [0.4, 0.5) is 8.78 Å². The average molecular weight is 260 g/mol. The van der Waals surface area contributed by atoms with Gasteiger partial charge in [-0.05, 0) is 13.8 Å². The van der Waals surface area contributed by atoms with E-state index < -0.39 is 11.6 Å². The van der Waals surface area contributed by atoms with E-state index in [9.17, 15) is 8.78 Å². The van der Waals surface area contributed by atoms with Gasteiger partial charge in [0.2, 0.25) is 0 Å². The predicted octanol–water partition coefficient (Wildman–Crippen LogP) is 3.13. The summed E-state index contributed by atoms with van der Waals surface area (Å²) in [6, 6.07) is 3.08. The Morgan fingerprint density at radius 3 is 2.06 bits per heavy atom. The topological polar surface area (TPSA) is 27.7 Å². The lowest BCUT2D eigenvalue weighted by Gasteiger charge is -2.17. The van der Waals surface area contributed by atoms with Crippen LogP contribution in [0.15, 0.2) is 18.2 Å². The minimum atomic E-state index is -0.656. The molecule has 0 atom stereocenters. The van der Waals surface area contributed by atoms with Crippen LogP contribution in [0.1, 0.15) is 20.3 Å². The highest BCUT2D eigenvalue weighted by Gasteiger charge is 2.08. The number of benzene rings is 1. The quantitative estimate of drug-likeness (QED) is 0.672. The Bertz CT molecular complexity index is 332. The fraction of sp³-hybridized carbons (Fsp3) is 0.538. The maximum absolute atomic E-state index is 12.9. The molecule has 0 heterocycles. The van der Waals surface area contributed by atoms with Crippen molar-refractivity contribution in [2.75, 3.05) is 19.8 Å². The first-order valence-electron chi connectivity index (χ1n) is 5.97. The Morgan fingerprint density at radius 2 is 1.56 bits per heavy atom. The van der Waals surface area contributed by atoms with Gasteiger partial charge >= 0.3 is 0 Å². The number of rotatable bonds is 8. The van der Waals surface area contributed by atoms with Crippen LogP contribution in [-0.4, -0.2) is 26.1 Å². The molecule has 0 unspecified atom stereocenters. The Labute approximate surface area is 106 Å². The van der Waals surface area contributed by atoms with Gasteiger partial charge < -0.3 is 14.2 Å². The van der Waals surface area contributed by atoms with Gasteiger partial charge in [0, 0.05) is 37.8 Å². The molecule has 0 saturated carbocycles. The van der Waals surface area contributed by atoms with E-state index in [1.807, 2.05) is 13.8 Å². The first-order valence-corrected chi connectivity index (χ1v) is 5.97. The molecule has 1 aromatic rings. The molecule has 3 nitrogen and oxygen atoms in total. The van der Waals surface area contributed by atoms with Gasteiger partial charge in [0.25, 0.3) is 0 Å². The lowest BCUT2D eigenvalue weighted by atomic mass is 10.3. The van der Waals surface area contributed by atoms with Crippen molar-refractivity contribution in [1.29, 1.82) is 0 Å². The third-order valence-corrected chi connectivity index (χ3v) is 2.16. The van der Waals surface area contributed by atoms with E-state index in [2.05, 4.69) is 0 Å². The first-order chi connectivity index (χ1) is 8.65. The van der Waals surface area contributed by atoms with Crippen molar-refractivity contribution < 1.29 is 23.0 Å². The van der Waals surface area contributed by atoms with Crippen molar-refractivity contribution >= 4 is 0 Å². The predicted molar refractivity (Wildman–Crippen MR) is 63.5 cm³/mol. The average Bonchev–Trinajstić information content (AvgIpc) is 2.28. The zero-order valence-corrected chi connectivity index (χ0v) is 10.6. The Morgan fingerprint density at radius 1 is 1.00 bits per heavy atom. The monoisotopic (exact) mass is 260 g/mol. The van der Waals surface area contributed by atoms with Gasteiger partial charge in [-0.3, -0.25) is 0 Å². The molecule has 0 aliphatic rings. The second-order valence-electron chi connectivity index (χ2n) is 3.58. The van der Waals surface area contributed by atoms with Gasteiger partial charge in [0.1, 0.15) is 17.4 Å². The van der Waals surface area contributed by atoms with E-state index in [-0.39, 0.29) is 18.6 Å². The third kappa shape index (κ3) is 5.42. The van der Waals surface area contributed by atoms with Crippen LogP contribution in [0, 0.1) is 11.6 Å². The number of hydrogen-bond acceptors (Lipinski definition) is 3. The maximum Gasteiger partial charge on any atom is 0.160 e. The SMILES string of the molecule is CCOC(CCOc1cc(F)cc(F)c1)OCC. The zero-order valence-electron chi connectivity index (χ0n) is 10.6. The van der Waals surface area contributed by atoms with Crippen LogP contribution < -0.4 is 4.74 Å². The van der Waals surface area contributed by atoms with Crippen molar-refractivity contribution in [1.82, 2.24) is 0 Å². The molecule has 0 spiro atoms. The van der Waals surface area contributed by atoms with E-state index in [1.54, 1.807) is 0 Å². The highest BCUT2D eigenvalue weighted by atomic mass is 19.1. The Balaban J connectivity index is 2.39. The zero-order chi connectivity index (χ0) is 13.4. The molecule has 0 saturated heterocycles. The molecule has 1 aromatic carbocycles. The van der Waals surface area contributed by atoms with Gasteiger partial charge in [0.05, 0.1) is 6.61 Å². The summed E-state index contributed by atoms with van der Waals surface area (Å²) < 4.78 is 41.7. The minimum absolute atomic E-state index is 0.166. The molecule has 0 radical (unpaired) electrons. The van der Waals surface area contributed by atoms with E-state index in [0.717, 1.165) is 18.2 Å². The second kappa shape index (κ2) is 8.00. The fourth-order valence-electron chi connectivity index (χ4n) is 1.47. The summed E-state index contributed by atoms with van der Waals surface area (Å²) >= 11 is 0. The molecule has 1 rings (SSSR count). The summed E-state index contributed by atoms with van der Waals surface area (Å²) in [7, 11) is 0. The molecule has 0 bridgehead atoms. The van der Waals surface area contributed by atoms with E-state index in [0.29, 0.717) is 19.6 Å². The normalized spacial score (nSPS) is 10.9. The molecule has 102 valence electrons. The number of ether oxygens (including phenoxy) is 3. The van der Waals surface area contributed by atoms with Crippen LogP contribution in [0.3, 0.4) is 0 Å². The van der Waals surface area contributed by atoms with Gasteiger partial charge in [-0.2, -0.15) is 0 Å². The lowest BCUT2D eigenvalue weighted by molar-refractivity contribution is -0.142. The maximum atomic E-state index is 12.9. The third-order valence-electron chi connectivity index (χ3n) is 2.16. The summed E-state index contributed by atoms with van der Waals surface area (Å²) in [5, 5.41) is 0. The molecule has 0 amide bonds. The molecule has 0 aliphatic heterocycles. The van der Waals surface area contributed by atoms with Crippen LogP contribution in [0.25, 0.3) is 0 Å². The number of hydrogen-bond donors (Lipinski definition) is 0. The number of halogens is 2. The van der Waals surface area contributed by atoms with Crippen molar-refractivity contribution in [3.8, 4) is 5.75 Å². The molecule has 0 aromatic heterocycles. The van der Waals surface area contributed by atoms with Gasteiger partial charge in [0.15, 0.2) is 6.29 Å². The summed E-state index contributed by atoms with van der Waals surface area (Å²) in [6.45, 7) is 5.09. The highest BCUT2D eigenvalue weighted by molar-refractivity contribution is 5.23. The van der Waals surface area contributed by atoms with Gasteiger partial charge in [-0.25, -0.2) is 8.78 Å². The van der Waals surface area contributed by atoms with Gasteiger partial charge in [-0.1, -0.05) is 0 Å². The summed E-state index contributed by atoms with van der Waals surface area (Å²) in [5.74, 6) is -1.15. The molecule has 0 aliphatic carbocycles. The second-order valence-corrected chi connectivity index (χ2v) is 3.58. The Hall–Kier alpha value is -1.20. The van der Waals surface area contributed by atoms with Crippen LogP contribution >= 0.6 is 0 Å². The minimum Gasteiger partial charge on any atom is -0.493 e. The summed E-state index contributed by atoms with van der Waals surface area (Å²) in [5.41, 5.74) is 0. The molecule has 5 heteroatoms. The first kappa shape index (κ1) is 14.9.